The summed E-state index contributed by atoms with van der Waals surface area (Å²) in [4.78, 5) is 12.0. The Morgan fingerprint density at radius 2 is 2.16 bits per heavy atom. The molecule has 104 valence electrons. The van der Waals surface area contributed by atoms with Gasteiger partial charge in [0.05, 0.1) is 0 Å². The Bertz CT molecular complexity index is 513. The molecule has 0 spiro atoms. The van der Waals surface area contributed by atoms with Crippen LogP contribution in [0.4, 0.5) is 0 Å². The van der Waals surface area contributed by atoms with Crippen LogP contribution in [0.5, 0.6) is 0 Å². The average Bonchev–Trinajstić information content (AvgIpc) is 2.38. The second-order valence-corrected chi connectivity index (χ2v) is 5.42. The van der Waals surface area contributed by atoms with Crippen LogP contribution < -0.4 is 11.1 Å². The molecular weight excluding hydrogens is 266 g/mol. The van der Waals surface area contributed by atoms with Gasteiger partial charge in [-0.25, -0.2) is 0 Å². The molecule has 0 saturated carbocycles. The molecule has 0 aromatic heterocycles. The summed E-state index contributed by atoms with van der Waals surface area (Å²) < 4.78 is 0. The number of hydrogen-bond donors (Lipinski definition) is 3. The zero-order valence-electron chi connectivity index (χ0n) is 11.2. The van der Waals surface area contributed by atoms with Gasteiger partial charge < -0.3 is 16.3 Å². The van der Waals surface area contributed by atoms with E-state index < -0.39 is 5.41 Å². The van der Waals surface area contributed by atoms with Crippen molar-refractivity contribution >= 4 is 23.3 Å². The monoisotopic (exact) mass is 283 g/mol. The molecule has 0 radical (unpaired) electrons. The molecule has 0 unspecified atom stereocenters. The van der Waals surface area contributed by atoms with Crippen LogP contribution in [-0.4, -0.2) is 23.5 Å². The van der Waals surface area contributed by atoms with Gasteiger partial charge in [0, 0.05) is 22.5 Å². The number of nitrogens with zero attached hydrogens (tertiary/aromatic N) is 1. The van der Waals surface area contributed by atoms with Crippen molar-refractivity contribution in [2.24, 2.45) is 16.3 Å². The van der Waals surface area contributed by atoms with Crippen LogP contribution in [0.1, 0.15) is 29.8 Å². The highest BCUT2D eigenvalue weighted by Gasteiger charge is 2.24. The molecule has 6 heteroatoms. The third-order valence-corrected chi connectivity index (χ3v) is 3.34. The number of hydrogen-bond acceptors (Lipinski definition) is 3. The van der Waals surface area contributed by atoms with Crippen LogP contribution >= 0.6 is 11.6 Å². The summed E-state index contributed by atoms with van der Waals surface area (Å²) in [5.74, 6) is -0.154. The maximum absolute atomic E-state index is 12.0. The summed E-state index contributed by atoms with van der Waals surface area (Å²) in [6.45, 7) is 5.65. The molecule has 5 nitrogen and oxygen atoms in total. The Labute approximate surface area is 117 Å². The predicted molar refractivity (Wildman–Crippen MR) is 75.7 cm³/mol. The normalized spacial score (nSPS) is 12.3. The fraction of sp³-hybridized carbons (Fsp3) is 0.385. The first-order chi connectivity index (χ1) is 8.77. The lowest BCUT2D eigenvalue weighted by Crippen LogP contribution is -2.42. The summed E-state index contributed by atoms with van der Waals surface area (Å²) in [6.07, 6.45) is 0. The molecule has 1 aromatic carbocycles. The Kier molecular flexibility index (Phi) is 4.78. The van der Waals surface area contributed by atoms with E-state index in [1.165, 1.54) is 0 Å². The molecule has 4 N–H and O–H groups in total. The molecular formula is C13H18ClN3O2. The second-order valence-electron chi connectivity index (χ2n) is 5.02. The molecule has 19 heavy (non-hydrogen) atoms. The summed E-state index contributed by atoms with van der Waals surface area (Å²) in [6, 6.07) is 5.05. The number of nitrogens with two attached hydrogens (primary N) is 1. The molecule has 0 aliphatic heterocycles. The first kappa shape index (κ1) is 15.3. The molecule has 0 heterocycles. The van der Waals surface area contributed by atoms with Crippen molar-refractivity contribution in [3.8, 4) is 0 Å². The zero-order chi connectivity index (χ0) is 14.6. The molecule has 0 saturated heterocycles. The first-order valence-corrected chi connectivity index (χ1v) is 6.18. The molecule has 1 rings (SSSR count). The molecule has 0 aliphatic carbocycles. The van der Waals surface area contributed by atoms with Gasteiger partial charge in [0.15, 0.2) is 0 Å². The zero-order valence-corrected chi connectivity index (χ0v) is 12.0. The van der Waals surface area contributed by atoms with Crippen LogP contribution in [0, 0.1) is 12.3 Å². The van der Waals surface area contributed by atoms with E-state index in [9.17, 15) is 4.79 Å². The van der Waals surface area contributed by atoms with Gasteiger partial charge >= 0.3 is 0 Å². The van der Waals surface area contributed by atoms with Gasteiger partial charge in [0.1, 0.15) is 5.84 Å². The summed E-state index contributed by atoms with van der Waals surface area (Å²) in [5, 5.41) is 15.0. The van der Waals surface area contributed by atoms with E-state index in [4.69, 9.17) is 22.5 Å². The van der Waals surface area contributed by atoms with Gasteiger partial charge in [-0.15, -0.1) is 0 Å². The van der Waals surface area contributed by atoms with Crippen LogP contribution in [0.3, 0.4) is 0 Å². The Hall–Kier alpha value is -1.75. The van der Waals surface area contributed by atoms with E-state index in [1.807, 2.05) is 6.92 Å². The van der Waals surface area contributed by atoms with Crippen molar-refractivity contribution in [1.29, 1.82) is 0 Å². The van der Waals surface area contributed by atoms with Crippen molar-refractivity contribution < 1.29 is 10.0 Å². The van der Waals surface area contributed by atoms with Gasteiger partial charge in [0.25, 0.3) is 5.91 Å². The van der Waals surface area contributed by atoms with Crippen LogP contribution in [0.25, 0.3) is 0 Å². The van der Waals surface area contributed by atoms with Crippen LogP contribution in [0.15, 0.2) is 23.4 Å². The largest absolute Gasteiger partial charge is 0.409 e. The number of rotatable bonds is 4. The van der Waals surface area contributed by atoms with Crippen LogP contribution in [-0.2, 0) is 0 Å². The number of amidine groups is 1. The maximum atomic E-state index is 12.0. The number of halogens is 1. The molecule has 0 aliphatic rings. The van der Waals surface area contributed by atoms with E-state index >= 15 is 0 Å². The molecule has 1 aromatic rings. The lowest BCUT2D eigenvalue weighted by Gasteiger charge is -2.23. The topological polar surface area (TPSA) is 87.7 Å². The number of amides is 1. The number of carbonyl (C=O) groups excluding carboxylic acids is 1. The van der Waals surface area contributed by atoms with Crippen molar-refractivity contribution in [1.82, 2.24) is 5.32 Å². The number of nitrogens with one attached hydrogen (secondary N) is 1. The fourth-order valence-corrected chi connectivity index (χ4v) is 1.53. The van der Waals surface area contributed by atoms with E-state index in [0.717, 1.165) is 5.56 Å². The first-order valence-electron chi connectivity index (χ1n) is 5.80. The smallest absolute Gasteiger partial charge is 0.251 e. The third-order valence-electron chi connectivity index (χ3n) is 2.91. The summed E-state index contributed by atoms with van der Waals surface area (Å²) in [5.41, 5.74) is 6.29. The second kappa shape index (κ2) is 5.93. The van der Waals surface area contributed by atoms with Crippen LogP contribution in [0.2, 0.25) is 5.02 Å². The molecule has 1 amide bonds. The highest BCUT2D eigenvalue weighted by atomic mass is 35.5. The quantitative estimate of drug-likeness (QED) is 0.342. The number of aryl methyl sites for hydroxylation is 1. The SMILES string of the molecule is Cc1cc(C(=O)NCC(C)(C)/C(N)=N/O)ccc1Cl. The van der Waals surface area contributed by atoms with E-state index in [0.29, 0.717) is 10.6 Å². The summed E-state index contributed by atoms with van der Waals surface area (Å²) >= 11 is 5.90. The van der Waals surface area contributed by atoms with Crippen molar-refractivity contribution in [2.75, 3.05) is 6.54 Å². The minimum Gasteiger partial charge on any atom is -0.409 e. The fourth-order valence-electron chi connectivity index (χ4n) is 1.42. The lowest BCUT2D eigenvalue weighted by molar-refractivity contribution is 0.0944. The Balaban J connectivity index is 2.73. The lowest BCUT2D eigenvalue weighted by atomic mass is 9.92. The number of oxime groups is 1. The third kappa shape index (κ3) is 3.86. The Morgan fingerprint density at radius 1 is 1.53 bits per heavy atom. The molecule has 0 atom stereocenters. The number of carbonyl (C=O) groups is 1. The highest BCUT2D eigenvalue weighted by molar-refractivity contribution is 6.31. The highest BCUT2D eigenvalue weighted by Crippen LogP contribution is 2.17. The van der Waals surface area contributed by atoms with Crippen molar-refractivity contribution in [3.63, 3.8) is 0 Å². The van der Waals surface area contributed by atoms with Gasteiger partial charge in [-0.2, -0.15) is 0 Å². The van der Waals surface area contributed by atoms with E-state index in [-0.39, 0.29) is 18.3 Å². The van der Waals surface area contributed by atoms with Gasteiger partial charge in [-0.3, -0.25) is 4.79 Å². The molecule has 0 bridgehead atoms. The predicted octanol–water partition coefficient (Wildman–Crippen LogP) is 2.15. The minimum absolute atomic E-state index is 0.0695. The maximum Gasteiger partial charge on any atom is 0.251 e. The van der Waals surface area contributed by atoms with Gasteiger partial charge in [0.2, 0.25) is 0 Å². The summed E-state index contributed by atoms with van der Waals surface area (Å²) in [7, 11) is 0. The standard InChI is InChI=1S/C13H18ClN3O2/c1-8-6-9(4-5-10(8)14)11(18)16-7-13(2,3)12(15)17-19/h4-6,19H,7H2,1-3H3,(H2,15,17)(H,16,18). The Morgan fingerprint density at radius 3 is 2.68 bits per heavy atom. The molecule has 0 fully saturated rings. The number of benzene rings is 1. The van der Waals surface area contributed by atoms with Gasteiger partial charge in [-0.05, 0) is 30.7 Å². The minimum atomic E-state index is -0.619. The van der Waals surface area contributed by atoms with Crippen molar-refractivity contribution in [3.05, 3.63) is 34.3 Å². The van der Waals surface area contributed by atoms with Crippen molar-refractivity contribution in [2.45, 2.75) is 20.8 Å². The van der Waals surface area contributed by atoms with E-state index in [2.05, 4.69) is 10.5 Å². The van der Waals surface area contributed by atoms with E-state index in [1.54, 1.807) is 32.0 Å². The van der Waals surface area contributed by atoms with Gasteiger partial charge in [-0.1, -0.05) is 30.6 Å². The average molecular weight is 284 g/mol.